The highest BCUT2D eigenvalue weighted by Gasteiger charge is 2.21. The molecule has 1 saturated heterocycles. The number of benzene rings is 1. The Hall–Kier alpha value is -2.45. The lowest BCUT2D eigenvalue weighted by Gasteiger charge is -2.22. The van der Waals surface area contributed by atoms with E-state index >= 15 is 0 Å². The third-order valence-electron chi connectivity index (χ3n) is 4.29. The Labute approximate surface area is 145 Å². The van der Waals surface area contributed by atoms with Crippen molar-refractivity contribution in [3.63, 3.8) is 0 Å². The summed E-state index contributed by atoms with van der Waals surface area (Å²) in [4.78, 5) is 16.9. The van der Waals surface area contributed by atoms with Crippen LogP contribution in [0.2, 0.25) is 5.02 Å². The topological polar surface area (TPSA) is 69.1 Å². The molecule has 1 aliphatic heterocycles. The molecule has 0 radical (unpaired) electrons. The first-order chi connectivity index (χ1) is 11.5. The van der Waals surface area contributed by atoms with Crippen LogP contribution in [0.25, 0.3) is 11.1 Å². The van der Waals surface area contributed by atoms with Gasteiger partial charge < -0.3 is 14.6 Å². The van der Waals surface area contributed by atoms with Gasteiger partial charge in [0.1, 0.15) is 17.4 Å². The zero-order valence-electron chi connectivity index (χ0n) is 13.6. The largest absolute Gasteiger partial charge is 0.495 e. The van der Waals surface area contributed by atoms with Gasteiger partial charge in [0.05, 0.1) is 17.8 Å². The molecule has 1 aliphatic rings. The number of halogens is 1. The first-order valence-electron chi connectivity index (χ1n) is 7.82. The summed E-state index contributed by atoms with van der Waals surface area (Å²) in [5.74, 6) is 0.693. The molecule has 0 unspecified atom stereocenters. The van der Waals surface area contributed by atoms with E-state index in [0.717, 1.165) is 31.6 Å². The van der Waals surface area contributed by atoms with E-state index in [1.165, 1.54) is 0 Å². The summed E-state index contributed by atoms with van der Waals surface area (Å²) >= 11 is 6.50. The van der Waals surface area contributed by atoms with E-state index in [1.807, 2.05) is 18.2 Å². The Balaban J connectivity index is 2.20. The van der Waals surface area contributed by atoms with Crippen molar-refractivity contribution in [2.45, 2.75) is 19.8 Å². The van der Waals surface area contributed by atoms with E-state index < -0.39 is 5.56 Å². The Morgan fingerprint density at radius 2 is 1.96 bits per heavy atom. The molecule has 124 valence electrons. The molecule has 0 spiro atoms. The van der Waals surface area contributed by atoms with Crippen LogP contribution in [0.5, 0.6) is 5.75 Å². The molecule has 24 heavy (non-hydrogen) atoms. The van der Waals surface area contributed by atoms with Gasteiger partial charge in [-0.05, 0) is 38.0 Å². The summed E-state index contributed by atoms with van der Waals surface area (Å²) in [5, 5.41) is 9.84. The number of nitriles is 1. The van der Waals surface area contributed by atoms with Crippen LogP contribution >= 0.6 is 11.6 Å². The first kappa shape index (κ1) is 16.4. The Morgan fingerprint density at radius 3 is 2.58 bits per heavy atom. The number of aromatic nitrogens is 1. The van der Waals surface area contributed by atoms with Crippen LogP contribution in [0.15, 0.2) is 23.0 Å². The second-order valence-electron chi connectivity index (χ2n) is 5.88. The van der Waals surface area contributed by atoms with E-state index in [-0.39, 0.29) is 5.56 Å². The zero-order chi connectivity index (χ0) is 17.3. The van der Waals surface area contributed by atoms with Gasteiger partial charge in [-0.1, -0.05) is 11.6 Å². The third kappa shape index (κ3) is 2.85. The number of aromatic amines is 1. The Morgan fingerprint density at radius 1 is 1.25 bits per heavy atom. The number of rotatable bonds is 3. The lowest BCUT2D eigenvalue weighted by atomic mass is 10.00. The predicted octanol–water partition coefficient (Wildman–Crippen LogP) is 3.48. The second kappa shape index (κ2) is 6.58. The maximum absolute atomic E-state index is 12.0. The van der Waals surface area contributed by atoms with Gasteiger partial charge >= 0.3 is 0 Å². The molecule has 0 saturated carbocycles. The molecule has 0 aliphatic carbocycles. The quantitative estimate of drug-likeness (QED) is 0.926. The lowest BCUT2D eigenvalue weighted by molar-refractivity contribution is 0.415. The Kier molecular flexibility index (Phi) is 4.50. The molecule has 5 nitrogen and oxygen atoms in total. The van der Waals surface area contributed by atoms with Crippen molar-refractivity contribution in [3.05, 3.63) is 44.8 Å². The molecule has 1 N–H and O–H groups in total. The van der Waals surface area contributed by atoms with Crippen molar-refractivity contribution < 1.29 is 4.74 Å². The van der Waals surface area contributed by atoms with Gasteiger partial charge in [-0.15, -0.1) is 0 Å². The van der Waals surface area contributed by atoms with E-state index in [4.69, 9.17) is 16.3 Å². The zero-order valence-corrected chi connectivity index (χ0v) is 14.4. The molecule has 1 aromatic carbocycles. The number of hydrogen-bond acceptors (Lipinski definition) is 4. The maximum Gasteiger partial charge on any atom is 0.266 e. The molecule has 0 atom stereocenters. The summed E-state index contributed by atoms with van der Waals surface area (Å²) in [6.45, 7) is 3.72. The second-order valence-corrected chi connectivity index (χ2v) is 6.29. The number of aryl methyl sites for hydroxylation is 1. The van der Waals surface area contributed by atoms with E-state index in [9.17, 15) is 10.1 Å². The number of nitrogens with zero attached hydrogens (tertiary/aromatic N) is 2. The Bertz CT molecular complexity index is 877. The molecular weight excluding hydrogens is 326 g/mol. The molecule has 1 aromatic heterocycles. The fourth-order valence-corrected chi connectivity index (χ4v) is 3.39. The van der Waals surface area contributed by atoms with Gasteiger partial charge in [0.15, 0.2) is 0 Å². The molecule has 3 rings (SSSR count). The molecular formula is C18H18ClN3O2. The molecule has 1 fully saturated rings. The summed E-state index contributed by atoms with van der Waals surface area (Å²) in [6.07, 6.45) is 2.29. The molecule has 2 heterocycles. The van der Waals surface area contributed by atoms with Gasteiger partial charge in [0.2, 0.25) is 0 Å². The third-order valence-corrected chi connectivity index (χ3v) is 4.60. The summed E-state index contributed by atoms with van der Waals surface area (Å²) in [5.41, 5.74) is 2.42. The van der Waals surface area contributed by atoms with Crippen molar-refractivity contribution in [1.82, 2.24) is 4.98 Å². The number of nitrogens with one attached hydrogen (secondary N) is 1. The average molecular weight is 344 g/mol. The van der Waals surface area contributed by atoms with Gasteiger partial charge in [0, 0.05) is 29.9 Å². The monoisotopic (exact) mass is 343 g/mol. The van der Waals surface area contributed by atoms with Crippen molar-refractivity contribution in [3.8, 4) is 22.9 Å². The fraction of sp³-hybridized carbons (Fsp3) is 0.333. The van der Waals surface area contributed by atoms with Gasteiger partial charge in [0.25, 0.3) is 5.56 Å². The maximum atomic E-state index is 12.0. The molecule has 0 bridgehead atoms. The standard InChI is InChI=1S/C18H18ClN3O2/c1-11-7-12(14(10-20)18(23)21-11)13-8-17(24-2)16(9-15(13)19)22-5-3-4-6-22/h7-9H,3-6H2,1-2H3,(H,21,23). The van der Waals surface area contributed by atoms with Crippen LogP contribution < -0.4 is 15.2 Å². The van der Waals surface area contributed by atoms with E-state index in [0.29, 0.717) is 27.6 Å². The SMILES string of the molecule is COc1cc(-c2cc(C)[nH]c(=O)c2C#N)c(Cl)cc1N1CCCC1. The van der Waals surface area contributed by atoms with E-state index in [2.05, 4.69) is 9.88 Å². The van der Waals surface area contributed by atoms with Crippen LogP contribution in [-0.4, -0.2) is 25.2 Å². The number of pyridine rings is 1. The smallest absolute Gasteiger partial charge is 0.266 e. The van der Waals surface area contributed by atoms with E-state index in [1.54, 1.807) is 20.1 Å². The minimum absolute atomic E-state index is 0.0541. The minimum Gasteiger partial charge on any atom is -0.495 e. The van der Waals surface area contributed by atoms with Crippen molar-refractivity contribution in [2.75, 3.05) is 25.1 Å². The van der Waals surface area contributed by atoms with Gasteiger partial charge in [-0.3, -0.25) is 4.79 Å². The minimum atomic E-state index is -0.411. The van der Waals surface area contributed by atoms with Crippen LogP contribution in [0, 0.1) is 18.3 Å². The number of methoxy groups -OCH3 is 1. The number of hydrogen-bond donors (Lipinski definition) is 1. The summed E-state index contributed by atoms with van der Waals surface area (Å²) in [7, 11) is 1.61. The van der Waals surface area contributed by atoms with Gasteiger partial charge in [-0.2, -0.15) is 5.26 Å². The number of H-pyrrole nitrogens is 1. The van der Waals surface area contributed by atoms with Crippen LogP contribution in [0.4, 0.5) is 5.69 Å². The van der Waals surface area contributed by atoms with Gasteiger partial charge in [-0.25, -0.2) is 0 Å². The van der Waals surface area contributed by atoms with Crippen LogP contribution in [0.3, 0.4) is 0 Å². The normalized spacial score (nSPS) is 13.8. The highest BCUT2D eigenvalue weighted by Crippen LogP contribution is 2.40. The highest BCUT2D eigenvalue weighted by atomic mass is 35.5. The number of anilines is 1. The highest BCUT2D eigenvalue weighted by molar-refractivity contribution is 6.33. The molecule has 6 heteroatoms. The summed E-state index contributed by atoms with van der Waals surface area (Å²) < 4.78 is 5.54. The van der Waals surface area contributed by atoms with Crippen molar-refractivity contribution >= 4 is 17.3 Å². The molecule has 2 aromatic rings. The summed E-state index contributed by atoms with van der Waals surface area (Å²) in [6, 6.07) is 7.40. The van der Waals surface area contributed by atoms with Crippen molar-refractivity contribution in [1.29, 1.82) is 5.26 Å². The van der Waals surface area contributed by atoms with Crippen LogP contribution in [0.1, 0.15) is 24.1 Å². The average Bonchev–Trinajstić information content (AvgIpc) is 3.08. The predicted molar refractivity (Wildman–Crippen MR) is 95.0 cm³/mol. The van der Waals surface area contributed by atoms with Crippen LogP contribution in [-0.2, 0) is 0 Å². The molecule has 0 amide bonds. The first-order valence-corrected chi connectivity index (χ1v) is 8.20. The fourth-order valence-electron chi connectivity index (χ4n) is 3.13. The van der Waals surface area contributed by atoms with Crippen molar-refractivity contribution in [2.24, 2.45) is 0 Å². The number of ether oxygens (including phenoxy) is 1. The lowest BCUT2D eigenvalue weighted by Crippen LogP contribution is -2.18.